The van der Waals surface area contributed by atoms with Crippen LogP contribution in [-0.4, -0.2) is 53.6 Å². The largest absolute Gasteiger partial charge is 0.444 e. The molecule has 24 heavy (non-hydrogen) atoms. The third kappa shape index (κ3) is 5.19. The molecule has 0 spiro atoms. The summed E-state index contributed by atoms with van der Waals surface area (Å²) < 4.78 is 19.2. The fourth-order valence-corrected chi connectivity index (χ4v) is 2.65. The number of carbonyl (C=O) groups excluding carboxylic acids is 2. The van der Waals surface area contributed by atoms with Gasteiger partial charge in [0, 0.05) is 26.2 Å². The second-order valence-electron chi connectivity index (χ2n) is 6.77. The summed E-state index contributed by atoms with van der Waals surface area (Å²) in [6.07, 6.45) is -0.207. The quantitative estimate of drug-likeness (QED) is 0.765. The Kier molecular flexibility index (Phi) is 5.85. The molecule has 5 nitrogen and oxygen atoms in total. The number of amides is 2. The molecule has 0 radical (unpaired) electrons. The Morgan fingerprint density at radius 1 is 1.17 bits per heavy atom. The standard InChI is InChI=1S/C17H22BrFN2O3/c1-17(2,3)24-16(23)21-8-6-20(7-9-21)15(22)11-12-4-5-13(18)14(19)10-12/h4-5,10H,6-9,11H2,1-3H3. The second kappa shape index (κ2) is 7.51. The fourth-order valence-electron chi connectivity index (χ4n) is 2.40. The van der Waals surface area contributed by atoms with Crippen LogP contribution in [0.2, 0.25) is 0 Å². The maximum Gasteiger partial charge on any atom is 0.410 e. The molecular weight excluding hydrogens is 379 g/mol. The predicted molar refractivity (Wildman–Crippen MR) is 92.2 cm³/mol. The van der Waals surface area contributed by atoms with Crippen LogP contribution in [0.3, 0.4) is 0 Å². The van der Waals surface area contributed by atoms with E-state index in [2.05, 4.69) is 15.9 Å². The van der Waals surface area contributed by atoms with E-state index in [4.69, 9.17) is 4.74 Å². The molecule has 0 N–H and O–H groups in total. The van der Waals surface area contributed by atoms with Crippen LogP contribution in [0.4, 0.5) is 9.18 Å². The molecule has 1 aromatic carbocycles. The van der Waals surface area contributed by atoms with E-state index in [9.17, 15) is 14.0 Å². The molecule has 0 atom stereocenters. The SMILES string of the molecule is CC(C)(C)OC(=O)N1CCN(C(=O)Cc2ccc(Br)c(F)c2)CC1. The van der Waals surface area contributed by atoms with Crippen molar-refractivity contribution >= 4 is 27.9 Å². The first-order chi connectivity index (χ1) is 11.2. The van der Waals surface area contributed by atoms with Crippen molar-refractivity contribution in [2.45, 2.75) is 32.8 Å². The number of halogens is 2. The molecular formula is C17H22BrFN2O3. The van der Waals surface area contributed by atoms with Gasteiger partial charge >= 0.3 is 6.09 Å². The Morgan fingerprint density at radius 2 is 1.75 bits per heavy atom. The Hall–Kier alpha value is -1.63. The summed E-state index contributed by atoms with van der Waals surface area (Å²) >= 11 is 3.09. The molecule has 1 heterocycles. The molecule has 2 amide bonds. The summed E-state index contributed by atoms with van der Waals surface area (Å²) in [5, 5.41) is 0. The first kappa shape index (κ1) is 18.7. The van der Waals surface area contributed by atoms with Gasteiger partial charge in [0.25, 0.3) is 0 Å². The monoisotopic (exact) mass is 400 g/mol. The Balaban J connectivity index is 1.86. The topological polar surface area (TPSA) is 49.9 Å². The van der Waals surface area contributed by atoms with E-state index in [-0.39, 0.29) is 24.2 Å². The maximum absolute atomic E-state index is 13.5. The van der Waals surface area contributed by atoms with Crippen molar-refractivity contribution in [2.24, 2.45) is 0 Å². The second-order valence-corrected chi connectivity index (χ2v) is 7.63. The van der Waals surface area contributed by atoms with Crippen LogP contribution in [0, 0.1) is 5.82 Å². The zero-order chi connectivity index (χ0) is 17.9. The number of rotatable bonds is 2. The van der Waals surface area contributed by atoms with Gasteiger partial charge in [-0.15, -0.1) is 0 Å². The molecule has 1 aliphatic heterocycles. The molecule has 1 fully saturated rings. The highest BCUT2D eigenvalue weighted by molar-refractivity contribution is 9.10. The average Bonchev–Trinajstić information content (AvgIpc) is 2.49. The minimum Gasteiger partial charge on any atom is -0.444 e. The minimum atomic E-state index is -0.532. The molecule has 2 rings (SSSR count). The molecule has 132 valence electrons. The van der Waals surface area contributed by atoms with Crippen LogP contribution >= 0.6 is 15.9 Å². The van der Waals surface area contributed by atoms with Crippen molar-refractivity contribution in [3.63, 3.8) is 0 Å². The first-order valence-electron chi connectivity index (χ1n) is 7.85. The van der Waals surface area contributed by atoms with Crippen molar-refractivity contribution in [1.29, 1.82) is 0 Å². The molecule has 0 bridgehead atoms. The lowest BCUT2D eigenvalue weighted by Crippen LogP contribution is -2.52. The van der Waals surface area contributed by atoms with Gasteiger partial charge in [0.2, 0.25) is 5.91 Å². The van der Waals surface area contributed by atoms with Gasteiger partial charge in [0.1, 0.15) is 11.4 Å². The van der Waals surface area contributed by atoms with Gasteiger partial charge in [-0.3, -0.25) is 4.79 Å². The Bertz CT molecular complexity index is 623. The summed E-state index contributed by atoms with van der Waals surface area (Å²) in [6.45, 7) is 7.25. The summed E-state index contributed by atoms with van der Waals surface area (Å²) in [6, 6.07) is 4.68. The Labute approximate surface area is 149 Å². The number of piperazine rings is 1. The van der Waals surface area contributed by atoms with E-state index >= 15 is 0 Å². The normalized spacial score (nSPS) is 15.4. The fraction of sp³-hybridized carbons (Fsp3) is 0.529. The molecule has 1 aromatic rings. The maximum atomic E-state index is 13.5. The van der Waals surface area contributed by atoms with E-state index in [1.54, 1.807) is 21.9 Å². The molecule has 1 saturated heterocycles. The summed E-state index contributed by atoms with van der Waals surface area (Å²) in [5.41, 5.74) is 0.102. The van der Waals surface area contributed by atoms with Crippen LogP contribution in [0.5, 0.6) is 0 Å². The van der Waals surface area contributed by atoms with Crippen LogP contribution in [0.25, 0.3) is 0 Å². The smallest absolute Gasteiger partial charge is 0.410 e. The van der Waals surface area contributed by atoms with Gasteiger partial charge in [-0.05, 0) is 54.4 Å². The minimum absolute atomic E-state index is 0.0689. The van der Waals surface area contributed by atoms with Crippen molar-refractivity contribution in [1.82, 2.24) is 9.80 Å². The van der Waals surface area contributed by atoms with Crippen molar-refractivity contribution in [3.05, 3.63) is 34.1 Å². The summed E-state index contributed by atoms with van der Waals surface area (Å²) in [4.78, 5) is 27.6. The van der Waals surface area contributed by atoms with E-state index < -0.39 is 5.60 Å². The van der Waals surface area contributed by atoms with Gasteiger partial charge < -0.3 is 14.5 Å². The number of benzene rings is 1. The van der Waals surface area contributed by atoms with Gasteiger partial charge in [0.15, 0.2) is 0 Å². The van der Waals surface area contributed by atoms with Crippen molar-refractivity contribution in [3.8, 4) is 0 Å². The number of carbonyl (C=O) groups is 2. The van der Waals surface area contributed by atoms with E-state index in [0.717, 1.165) is 0 Å². The lowest BCUT2D eigenvalue weighted by Gasteiger charge is -2.35. The molecule has 1 aliphatic rings. The van der Waals surface area contributed by atoms with Crippen LogP contribution in [0.1, 0.15) is 26.3 Å². The number of hydrogen-bond acceptors (Lipinski definition) is 3. The van der Waals surface area contributed by atoms with Crippen LogP contribution in [0.15, 0.2) is 22.7 Å². The van der Waals surface area contributed by atoms with Gasteiger partial charge in [0.05, 0.1) is 10.9 Å². The highest BCUT2D eigenvalue weighted by Crippen LogP contribution is 2.18. The van der Waals surface area contributed by atoms with Gasteiger partial charge in [-0.1, -0.05) is 6.07 Å². The highest BCUT2D eigenvalue weighted by Gasteiger charge is 2.27. The molecule has 7 heteroatoms. The van der Waals surface area contributed by atoms with Crippen molar-refractivity contribution < 1.29 is 18.7 Å². The lowest BCUT2D eigenvalue weighted by atomic mass is 10.1. The van der Waals surface area contributed by atoms with E-state index in [0.29, 0.717) is 36.2 Å². The van der Waals surface area contributed by atoms with Gasteiger partial charge in [-0.2, -0.15) is 0 Å². The zero-order valence-electron chi connectivity index (χ0n) is 14.1. The van der Waals surface area contributed by atoms with Gasteiger partial charge in [-0.25, -0.2) is 9.18 Å². The lowest BCUT2D eigenvalue weighted by molar-refractivity contribution is -0.132. The molecule has 0 unspecified atom stereocenters. The van der Waals surface area contributed by atoms with Crippen LogP contribution < -0.4 is 0 Å². The molecule has 0 aliphatic carbocycles. The zero-order valence-corrected chi connectivity index (χ0v) is 15.7. The number of hydrogen-bond donors (Lipinski definition) is 0. The predicted octanol–water partition coefficient (Wildman–Crippen LogP) is 3.21. The van der Waals surface area contributed by atoms with Crippen molar-refractivity contribution in [2.75, 3.05) is 26.2 Å². The first-order valence-corrected chi connectivity index (χ1v) is 8.64. The highest BCUT2D eigenvalue weighted by atomic mass is 79.9. The third-order valence-corrected chi connectivity index (χ3v) is 4.27. The van der Waals surface area contributed by atoms with E-state index in [1.807, 2.05) is 20.8 Å². The summed E-state index contributed by atoms with van der Waals surface area (Å²) in [7, 11) is 0. The number of nitrogens with zero attached hydrogens (tertiary/aromatic N) is 2. The summed E-state index contributed by atoms with van der Waals surface area (Å²) in [5.74, 6) is -0.449. The number of ether oxygens (including phenoxy) is 1. The third-order valence-electron chi connectivity index (χ3n) is 3.62. The van der Waals surface area contributed by atoms with Crippen LogP contribution in [-0.2, 0) is 16.0 Å². The Morgan fingerprint density at radius 3 is 2.29 bits per heavy atom. The molecule has 0 aromatic heterocycles. The molecule has 0 saturated carbocycles. The van der Waals surface area contributed by atoms with E-state index in [1.165, 1.54) is 6.07 Å². The average molecular weight is 401 g/mol.